The molecule has 0 unspecified atom stereocenters. The summed E-state index contributed by atoms with van der Waals surface area (Å²) in [6, 6.07) is 6.77. The second-order valence-electron chi connectivity index (χ2n) is 5.27. The van der Waals surface area contributed by atoms with Crippen molar-refractivity contribution in [1.82, 2.24) is 4.31 Å². The number of piperidine rings is 1. The summed E-state index contributed by atoms with van der Waals surface area (Å²) in [5.74, 6) is -0.666. The van der Waals surface area contributed by atoms with Gasteiger partial charge in [-0.15, -0.1) is 0 Å². The zero-order valence-corrected chi connectivity index (χ0v) is 13.2. The molecule has 6 heteroatoms. The minimum atomic E-state index is -3.53. The molecule has 1 atom stereocenters. The van der Waals surface area contributed by atoms with Crippen LogP contribution in [0, 0.1) is 12.8 Å². The Labute approximate surface area is 126 Å². The lowest BCUT2D eigenvalue weighted by Gasteiger charge is -2.30. The van der Waals surface area contributed by atoms with Crippen molar-refractivity contribution in [3.05, 3.63) is 29.8 Å². The number of carbonyl (C=O) groups excluding carboxylic acids is 1. The Bertz CT molecular complexity index is 595. The van der Waals surface area contributed by atoms with E-state index in [2.05, 4.69) is 0 Å². The molecule has 0 amide bonds. The molecule has 116 valence electrons. The van der Waals surface area contributed by atoms with Crippen molar-refractivity contribution in [1.29, 1.82) is 0 Å². The van der Waals surface area contributed by atoms with Crippen LogP contribution in [0.5, 0.6) is 0 Å². The molecule has 1 fully saturated rings. The number of hydrogen-bond acceptors (Lipinski definition) is 4. The summed E-state index contributed by atoms with van der Waals surface area (Å²) in [5.41, 5.74) is 1.01. The molecule has 1 aromatic carbocycles. The van der Waals surface area contributed by atoms with Crippen molar-refractivity contribution >= 4 is 16.0 Å². The second kappa shape index (κ2) is 6.58. The molecule has 1 aliphatic heterocycles. The van der Waals surface area contributed by atoms with Gasteiger partial charge < -0.3 is 4.74 Å². The van der Waals surface area contributed by atoms with Gasteiger partial charge in [0.05, 0.1) is 17.4 Å². The van der Waals surface area contributed by atoms with E-state index in [0.29, 0.717) is 26.0 Å². The van der Waals surface area contributed by atoms with Crippen LogP contribution in [0.3, 0.4) is 0 Å². The SMILES string of the molecule is CCOC(=O)[C@@H]1CCCN(S(=O)(=O)c2ccc(C)cc2)C1. The number of ether oxygens (including phenoxy) is 1. The van der Waals surface area contributed by atoms with E-state index in [1.54, 1.807) is 31.2 Å². The van der Waals surface area contributed by atoms with E-state index < -0.39 is 10.0 Å². The van der Waals surface area contributed by atoms with Crippen LogP contribution in [-0.4, -0.2) is 38.4 Å². The van der Waals surface area contributed by atoms with Crippen LogP contribution < -0.4 is 0 Å². The minimum absolute atomic E-state index is 0.203. The van der Waals surface area contributed by atoms with E-state index in [4.69, 9.17) is 4.74 Å². The number of esters is 1. The molecule has 2 rings (SSSR count). The van der Waals surface area contributed by atoms with Gasteiger partial charge in [-0.25, -0.2) is 8.42 Å². The first-order valence-corrected chi connectivity index (χ1v) is 8.62. The number of nitrogens with zero attached hydrogens (tertiary/aromatic N) is 1. The zero-order chi connectivity index (χ0) is 15.5. The van der Waals surface area contributed by atoms with Crippen LogP contribution in [0.1, 0.15) is 25.3 Å². The normalized spacial score (nSPS) is 20.2. The van der Waals surface area contributed by atoms with Crippen LogP contribution in [0.15, 0.2) is 29.2 Å². The van der Waals surface area contributed by atoms with Crippen molar-refractivity contribution < 1.29 is 17.9 Å². The lowest BCUT2D eigenvalue weighted by Crippen LogP contribution is -2.42. The Balaban J connectivity index is 2.16. The maximum atomic E-state index is 12.6. The summed E-state index contributed by atoms with van der Waals surface area (Å²) in [7, 11) is -3.53. The Morgan fingerprint density at radius 1 is 1.33 bits per heavy atom. The van der Waals surface area contributed by atoms with E-state index in [0.717, 1.165) is 5.56 Å². The van der Waals surface area contributed by atoms with Crippen LogP contribution in [0.2, 0.25) is 0 Å². The highest BCUT2D eigenvalue weighted by molar-refractivity contribution is 7.89. The molecule has 21 heavy (non-hydrogen) atoms. The number of rotatable bonds is 4. The molecule has 1 aliphatic rings. The van der Waals surface area contributed by atoms with E-state index >= 15 is 0 Å². The molecule has 0 aliphatic carbocycles. The first-order valence-electron chi connectivity index (χ1n) is 7.18. The van der Waals surface area contributed by atoms with E-state index in [1.165, 1.54) is 4.31 Å². The average molecular weight is 311 g/mol. The van der Waals surface area contributed by atoms with Gasteiger partial charge >= 0.3 is 5.97 Å². The number of sulfonamides is 1. The standard InChI is InChI=1S/C15H21NO4S/c1-3-20-15(17)13-5-4-10-16(11-13)21(18,19)14-8-6-12(2)7-9-14/h6-9,13H,3-5,10-11H2,1-2H3/t13-/m1/s1. The number of benzene rings is 1. The molecule has 0 spiro atoms. The lowest BCUT2D eigenvalue weighted by molar-refractivity contribution is -0.149. The van der Waals surface area contributed by atoms with Gasteiger partial charge in [-0.2, -0.15) is 4.31 Å². The fourth-order valence-corrected chi connectivity index (χ4v) is 4.00. The predicted molar refractivity (Wildman–Crippen MR) is 79.3 cm³/mol. The molecule has 0 bridgehead atoms. The van der Waals surface area contributed by atoms with E-state index in [-0.39, 0.29) is 23.3 Å². The van der Waals surface area contributed by atoms with Crippen molar-refractivity contribution in [2.45, 2.75) is 31.6 Å². The van der Waals surface area contributed by atoms with Crippen molar-refractivity contribution in [2.75, 3.05) is 19.7 Å². The molecule has 1 aromatic rings. The van der Waals surface area contributed by atoms with E-state index in [1.807, 2.05) is 6.92 Å². The first kappa shape index (κ1) is 16.0. The largest absolute Gasteiger partial charge is 0.466 e. The highest BCUT2D eigenvalue weighted by atomic mass is 32.2. The summed E-state index contributed by atoms with van der Waals surface area (Å²) in [6.07, 6.45) is 1.35. The number of carbonyl (C=O) groups is 1. The predicted octanol–water partition coefficient (Wildman–Crippen LogP) is 1.96. The Morgan fingerprint density at radius 2 is 2.00 bits per heavy atom. The average Bonchev–Trinajstić information content (AvgIpc) is 2.48. The first-order chi connectivity index (χ1) is 9.95. The van der Waals surface area contributed by atoms with Gasteiger partial charge in [0.2, 0.25) is 10.0 Å². The van der Waals surface area contributed by atoms with Gasteiger partial charge in [0.1, 0.15) is 0 Å². The number of hydrogen-bond donors (Lipinski definition) is 0. The Hall–Kier alpha value is -1.40. The molecular weight excluding hydrogens is 290 g/mol. The molecule has 0 saturated carbocycles. The van der Waals surface area contributed by atoms with E-state index in [9.17, 15) is 13.2 Å². The minimum Gasteiger partial charge on any atom is -0.466 e. The third kappa shape index (κ3) is 3.63. The molecular formula is C15H21NO4S. The molecule has 1 saturated heterocycles. The molecule has 0 N–H and O–H groups in total. The fraction of sp³-hybridized carbons (Fsp3) is 0.533. The van der Waals surface area contributed by atoms with Crippen LogP contribution >= 0.6 is 0 Å². The van der Waals surface area contributed by atoms with Crippen molar-refractivity contribution in [3.63, 3.8) is 0 Å². The summed E-state index contributed by atoms with van der Waals surface area (Å²) in [5, 5.41) is 0. The van der Waals surface area contributed by atoms with Crippen LogP contribution in [0.4, 0.5) is 0 Å². The maximum absolute atomic E-state index is 12.6. The summed E-state index contributed by atoms with van der Waals surface area (Å²) >= 11 is 0. The maximum Gasteiger partial charge on any atom is 0.310 e. The summed E-state index contributed by atoms with van der Waals surface area (Å²) in [4.78, 5) is 12.1. The van der Waals surface area contributed by atoms with Crippen molar-refractivity contribution in [3.8, 4) is 0 Å². The quantitative estimate of drug-likeness (QED) is 0.797. The smallest absolute Gasteiger partial charge is 0.310 e. The third-order valence-corrected chi connectivity index (χ3v) is 5.54. The van der Waals surface area contributed by atoms with Crippen LogP contribution in [-0.2, 0) is 19.6 Å². The van der Waals surface area contributed by atoms with Gasteiger partial charge in [-0.3, -0.25) is 4.79 Å². The lowest BCUT2D eigenvalue weighted by atomic mass is 10.0. The molecule has 1 heterocycles. The highest BCUT2D eigenvalue weighted by Gasteiger charge is 2.33. The Kier molecular flexibility index (Phi) is 5.00. The molecule has 5 nitrogen and oxygen atoms in total. The van der Waals surface area contributed by atoms with Gasteiger partial charge in [-0.05, 0) is 38.8 Å². The third-order valence-electron chi connectivity index (χ3n) is 3.66. The Morgan fingerprint density at radius 3 is 2.62 bits per heavy atom. The van der Waals surface area contributed by atoms with Crippen molar-refractivity contribution in [2.24, 2.45) is 5.92 Å². The molecule has 0 aromatic heterocycles. The highest BCUT2D eigenvalue weighted by Crippen LogP contribution is 2.24. The topological polar surface area (TPSA) is 63.7 Å². The molecule has 0 radical (unpaired) electrons. The van der Waals surface area contributed by atoms with Crippen LogP contribution in [0.25, 0.3) is 0 Å². The van der Waals surface area contributed by atoms with Gasteiger partial charge in [0, 0.05) is 13.1 Å². The summed E-state index contributed by atoms with van der Waals surface area (Å²) < 4.78 is 31.6. The monoisotopic (exact) mass is 311 g/mol. The van der Waals surface area contributed by atoms with Gasteiger partial charge in [0.25, 0.3) is 0 Å². The number of aryl methyl sites for hydroxylation is 1. The fourth-order valence-electron chi connectivity index (χ4n) is 2.47. The second-order valence-corrected chi connectivity index (χ2v) is 7.21. The van der Waals surface area contributed by atoms with Gasteiger partial charge in [0.15, 0.2) is 0 Å². The van der Waals surface area contributed by atoms with Gasteiger partial charge in [-0.1, -0.05) is 17.7 Å². The zero-order valence-electron chi connectivity index (χ0n) is 12.4. The summed E-state index contributed by atoms with van der Waals surface area (Å²) in [6.45, 7) is 4.64.